The maximum atomic E-state index is 5.64. The predicted molar refractivity (Wildman–Crippen MR) is 112 cm³/mol. The lowest BCUT2D eigenvalue weighted by Crippen LogP contribution is -2.44. The highest BCUT2D eigenvalue weighted by atomic mass is 16.5. The third-order valence-electron chi connectivity index (χ3n) is 5.76. The van der Waals surface area contributed by atoms with Crippen molar-refractivity contribution in [2.45, 2.75) is 64.8 Å². The molecule has 1 aliphatic heterocycles. The summed E-state index contributed by atoms with van der Waals surface area (Å²) in [5, 5.41) is 7.09. The molecule has 1 aromatic carbocycles. The van der Waals surface area contributed by atoms with Gasteiger partial charge >= 0.3 is 0 Å². The van der Waals surface area contributed by atoms with Crippen molar-refractivity contribution in [3.05, 3.63) is 35.4 Å². The molecule has 1 heterocycles. The molecular weight excluding hydrogens is 336 g/mol. The number of guanidine groups is 1. The highest BCUT2D eigenvalue weighted by molar-refractivity contribution is 5.79. The molecule has 27 heavy (non-hydrogen) atoms. The first-order valence-corrected chi connectivity index (χ1v) is 10.5. The van der Waals surface area contributed by atoms with Gasteiger partial charge in [0.1, 0.15) is 0 Å². The van der Waals surface area contributed by atoms with Crippen LogP contribution in [0.25, 0.3) is 0 Å². The van der Waals surface area contributed by atoms with Crippen molar-refractivity contribution >= 4 is 5.96 Å². The van der Waals surface area contributed by atoms with Crippen LogP contribution >= 0.6 is 0 Å². The number of nitrogens with zero attached hydrogens (tertiary/aromatic N) is 2. The van der Waals surface area contributed by atoms with E-state index < -0.39 is 0 Å². The summed E-state index contributed by atoms with van der Waals surface area (Å²) in [6.45, 7) is 9.17. The van der Waals surface area contributed by atoms with Gasteiger partial charge in [0, 0.05) is 39.3 Å². The second kappa shape index (κ2) is 10.1. The van der Waals surface area contributed by atoms with E-state index in [0.29, 0.717) is 12.1 Å². The molecule has 0 aromatic heterocycles. The third-order valence-corrected chi connectivity index (χ3v) is 5.76. The normalized spacial score (nSPS) is 27.4. The van der Waals surface area contributed by atoms with E-state index in [1.807, 2.05) is 7.05 Å². The van der Waals surface area contributed by atoms with E-state index in [2.05, 4.69) is 58.6 Å². The Morgan fingerprint density at radius 3 is 2.70 bits per heavy atom. The topological polar surface area (TPSA) is 48.9 Å². The summed E-state index contributed by atoms with van der Waals surface area (Å²) < 4.78 is 5.64. The van der Waals surface area contributed by atoms with Crippen LogP contribution in [0, 0.1) is 5.92 Å². The van der Waals surface area contributed by atoms with Crippen LogP contribution in [-0.4, -0.2) is 49.7 Å². The van der Waals surface area contributed by atoms with Crippen molar-refractivity contribution in [1.82, 2.24) is 15.5 Å². The first kappa shape index (κ1) is 20.2. The molecule has 2 fully saturated rings. The highest BCUT2D eigenvalue weighted by Gasteiger charge is 2.19. The molecule has 2 N–H and O–H groups in total. The van der Waals surface area contributed by atoms with Crippen molar-refractivity contribution in [3.63, 3.8) is 0 Å². The molecule has 1 unspecified atom stereocenters. The second-order valence-corrected chi connectivity index (χ2v) is 8.26. The first-order valence-electron chi connectivity index (χ1n) is 10.5. The Balaban J connectivity index is 1.48. The van der Waals surface area contributed by atoms with Crippen LogP contribution < -0.4 is 10.6 Å². The Hall–Kier alpha value is -1.59. The van der Waals surface area contributed by atoms with Crippen molar-refractivity contribution in [2.75, 3.05) is 26.7 Å². The smallest absolute Gasteiger partial charge is 0.191 e. The zero-order valence-electron chi connectivity index (χ0n) is 17.2. The lowest BCUT2D eigenvalue weighted by Gasteiger charge is -2.31. The number of hydrogen-bond acceptors (Lipinski definition) is 3. The van der Waals surface area contributed by atoms with Gasteiger partial charge in [-0.15, -0.1) is 0 Å². The fraction of sp³-hybridized carbons (Fsp3) is 0.682. The third kappa shape index (κ3) is 6.51. The van der Waals surface area contributed by atoms with Crippen molar-refractivity contribution in [3.8, 4) is 0 Å². The minimum absolute atomic E-state index is 0.334. The summed E-state index contributed by atoms with van der Waals surface area (Å²) in [4.78, 5) is 6.89. The zero-order valence-corrected chi connectivity index (χ0v) is 17.2. The van der Waals surface area contributed by atoms with E-state index in [9.17, 15) is 0 Å². The maximum absolute atomic E-state index is 5.64. The summed E-state index contributed by atoms with van der Waals surface area (Å²) in [6, 6.07) is 9.44. The van der Waals surface area contributed by atoms with Crippen LogP contribution in [0.2, 0.25) is 0 Å². The van der Waals surface area contributed by atoms with Crippen molar-refractivity contribution in [1.29, 1.82) is 0 Å². The molecule has 0 bridgehead atoms. The summed E-state index contributed by atoms with van der Waals surface area (Å²) >= 11 is 0. The van der Waals surface area contributed by atoms with Gasteiger partial charge in [0.25, 0.3) is 0 Å². The molecule has 3 rings (SSSR count). The molecule has 1 aromatic rings. The van der Waals surface area contributed by atoms with Gasteiger partial charge in [-0.05, 0) is 49.7 Å². The molecule has 2 aliphatic rings. The number of aliphatic imine (C=N–C) groups is 1. The van der Waals surface area contributed by atoms with Gasteiger partial charge in [-0.2, -0.15) is 0 Å². The number of morpholine rings is 1. The van der Waals surface area contributed by atoms with Crippen molar-refractivity contribution < 1.29 is 4.74 Å². The number of hydrogen-bond donors (Lipinski definition) is 2. The van der Waals surface area contributed by atoms with Crippen LogP contribution in [0.1, 0.15) is 50.7 Å². The van der Waals surface area contributed by atoms with Gasteiger partial charge in [-0.25, -0.2) is 0 Å². The van der Waals surface area contributed by atoms with Crippen LogP contribution in [0.3, 0.4) is 0 Å². The number of nitrogens with one attached hydrogen (secondary N) is 2. The summed E-state index contributed by atoms with van der Waals surface area (Å²) in [5.41, 5.74) is 2.67. The molecule has 1 aliphatic carbocycles. The largest absolute Gasteiger partial charge is 0.376 e. The predicted octanol–water partition coefficient (Wildman–Crippen LogP) is 3.15. The molecule has 150 valence electrons. The number of ether oxygens (including phenoxy) is 1. The molecule has 0 amide bonds. The lowest BCUT2D eigenvalue weighted by atomic mass is 9.87. The molecule has 0 radical (unpaired) electrons. The average molecular weight is 373 g/mol. The van der Waals surface area contributed by atoms with E-state index in [-0.39, 0.29) is 0 Å². The van der Waals surface area contributed by atoms with Crippen LogP contribution in [0.5, 0.6) is 0 Å². The molecular formula is C22H36N4O. The SMILES string of the molecule is CN=C(NCc1cccc(CN2CCOC(C)C2)c1)NC1CCC(C)CC1. The van der Waals surface area contributed by atoms with E-state index in [0.717, 1.165) is 44.7 Å². The zero-order chi connectivity index (χ0) is 19.1. The summed E-state index contributed by atoms with van der Waals surface area (Å²) in [6.07, 6.45) is 5.46. The van der Waals surface area contributed by atoms with Gasteiger partial charge < -0.3 is 15.4 Å². The number of rotatable bonds is 5. The van der Waals surface area contributed by atoms with E-state index >= 15 is 0 Å². The average Bonchev–Trinajstić information content (AvgIpc) is 2.67. The molecule has 5 nitrogen and oxygen atoms in total. The Morgan fingerprint density at radius 2 is 1.96 bits per heavy atom. The van der Waals surface area contributed by atoms with Gasteiger partial charge in [0.15, 0.2) is 5.96 Å². The van der Waals surface area contributed by atoms with E-state index in [1.54, 1.807) is 0 Å². The van der Waals surface area contributed by atoms with Gasteiger partial charge in [0.2, 0.25) is 0 Å². The van der Waals surface area contributed by atoms with Crippen LogP contribution in [-0.2, 0) is 17.8 Å². The van der Waals surface area contributed by atoms with Crippen molar-refractivity contribution in [2.24, 2.45) is 10.9 Å². The molecule has 1 atom stereocenters. The van der Waals surface area contributed by atoms with E-state index in [1.165, 1.54) is 36.8 Å². The minimum Gasteiger partial charge on any atom is -0.376 e. The van der Waals surface area contributed by atoms with Gasteiger partial charge in [0.05, 0.1) is 12.7 Å². The molecule has 1 saturated carbocycles. The van der Waals surface area contributed by atoms with Gasteiger partial charge in [-0.3, -0.25) is 9.89 Å². The fourth-order valence-corrected chi connectivity index (χ4v) is 4.11. The summed E-state index contributed by atoms with van der Waals surface area (Å²) in [7, 11) is 1.86. The Kier molecular flexibility index (Phi) is 7.53. The highest BCUT2D eigenvalue weighted by Crippen LogP contribution is 2.23. The first-order chi connectivity index (χ1) is 13.1. The molecule has 0 spiro atoms. The Labute approximate surface area is 164 Å². The number of benzene rings is 1. The fourth-order valence-electron chi connectivity index (χ4n) is 4.11. The monoisotopic (exact) mass is 372 g/mol. The Bertz CT molecular complexity index is 610. The summed E-state index contributed by atoms with van der Waals surface area (Å²) in [5.74, 6) is 1.79. The minimum atomic E-state index is 0.334. The molecule has 1 saturated heterocycles. The maximum Gasteiger partial charge on any atom is 0.191 e. The van der Waals surface area contributed by atoms with Crippen LogP contribution in [0.15, 0.2) is 29.3 Å². The molecule has 5 heteroatoms. The van der Waals surface area contributed by atoms with Crippen LogP contribution in [0.4, 0.5) is 0 Å². The standard InChI is InChI=1S/C22H36N4O/c1-17-7-9-21(10-8-17)25-22(23-3)24-14-19-5-4-6-20(13-19)16-26-11-12-27-18(2)15-26/h4-6,13,17-18,21H,7-12,14-16H2,1-3H3,(H2,23,24,25). The quantitative estimate of drug-likeness (QED) is 0.616. The Morgan fingerprint density at radius 1 is 1.19 bits per heavy atom. The van der Waals surface area contributed by atoms with E-state index in [4.69, 9.17) is 4.74 Å². The second-order valence-electron chi connectivity index (χ2n) is 8.26. The lowest BCUT2D eigenvalue weighted by molar-refractivity contribution is -0.0212. The van der Waals surface area contributed by atoms with Gasteiger partial charge in [-0.1, -0.05) is 31.2 Å².